The maximum atomic E-state index is 12.6. The van der Waals surface area contributed by atoms with Gasteiger partial charge < -0.3 is 15.5 Å². The van der Waals surface area contributed by atoms with E-state index < -0.39 is 0 Å². The Balaban J connectivity index is 1.24. The van der Waals surface area contributed by atoms with Crippen LogP contribution in [0.4, 0.5) is 0 Å². The molecule has 2 aromatic carbocycles. The minimum atomic E-state index is 0.155. The van der Waals surface area contributed by atoms with Gasteiger partial charge in [-0.3, -0.25) is 9.79 Å². The molecule has 1 amide bonds. The van der Waals surface area contributed by atoms with Crippen molar-refractivity contribution in [2.75, 3.05) is 26.7 Å². The third-order valence-corrected chi connectivity index (χ3v) is 7.48. The van der Waals surface area contributed by atoms with Gasteiger partial charge in [0.1, 0.15) is 0 Å². The van der Waals surface area contributed by atoms with E-state index in [1.54, 1.807) is 7.05 Å². The largest absolute Gasteiger partial charge is 0.355 e. The van der Waals surface area contributed by atoms with Crippen LogP contribution in [-0.2, 0) is 6.54 Å². The van der Waals surface area contributed by atoms with Crippen LogP contribution in [0.3, 0.4) is 0 Å². The van der Waals surface area contributed by atoms with Crippen molar-refractivity contribution in [3.63, 3.8) is 0 Å². The molecule has 31 heavy (non-hydrogen) atoms. The molecule has 2 aromatic rings. The number of hydrogen-bond donors (Lipinski definition) is 2. The molecule has 2 N–H and O–H groups in total. The summed E-state index contributed by atoms with van der Waals surface area (Å²) in [5.41, 5.74) is 1.92. The van der Waals surface area contributed by atoms with Gasteiger partial charge in [0.15, 0.2) is 5.96 Å². The molecule has 1 aliphatic carbocycles. The summed E-state index contributed by atoms with van der Waals surface area (Å²) < 4.78 is 0.273. The van der Waals surface area contributed by atoms with E-state index in [0.717, 1.165) is 49.6 Å². The number of thioether (sulfide) groups is 1. The average Bonchev–Trinajstić information content (AvgIpc) is 3.59. The zero-order valence-corrected chi connectivity index (χ0v) is 19.1. The molecule has 0 aromatic heterocycles. The van der Waals surface area contributed by atoms with Gasteiger partial charge in [0.2, 0.25) is 0 Å². The highest BCUT2D eigenvalue weighted by Gasteiger charge is 2.43. The Morgan fingerprint density at radius 3 is 2.35 bits per heavy atom. The van der Waals surface area contributed by atoms with Crippen LogP contribution < -0.4 is 10.6 Å². The van der Waals surface area contributed by atoms with Gasteiger partial charge in [-0.25, -0.2) is 0 Å². The number of carbonyl (C=O) groups excluding carboxylic acids is 1. The molecule has 0 bridgehead atoms. The van der Waals surface area contributed by atoms with Gasteiger partial charge in [-0.15, -0.1) is 11.8 Å². The molecule has 1 heterocycles. The molecule has 5 nitrogen and oxygen atoms in total. The van der Waals surface area contributed by atoms with Crippen molar-refractivity contribution in [2.45, 2.75) is 48.3 Å². The monoisotopic (exact) mass is 436 g/mol. The molecular weight excluding hydrogens is 404 g/mol. The van der Waals surface area contributed by atoms with E-state index in [-0.39, 0.29) is 10.7 Å². The van der Waals surface area contributed by atoms with Crippen molar-refractivity contribution in [1.82, 2.24) is 15.5 Å². The third kappa shape index (κ3) is 6.03. The summed E-state index contributed by atoms with van der Waals surface area (Å²) in [5, 5.41) is 6.89. The first kappa shape index (κ1) is 21.8. The zero-order chi connectivity index (χ0) is 21.5. The summed E-state index contributed by atoms with van der Waals surface area (Å²) in [6.45, 7) is 3.34. The van der Waals surface area contributed by atoms with Crippen LogP contribution in [-0.4, -0.2) is 48.2 Å². The smallest absolute Gasteiger partial charge is 0.253 e. The average molecular weight is 437 g/mol. The van der Waals surface area contributed by atoms with Crippen molar-refractivity contribution in [3.8, 4) is 0 Å². The van der Waals surface area contributed by atoms with Gasteiger partial charge in [0.05, 0.1) is 0 Å². The fourth-order valence-corrected chi connectivity index (χ4v) is 5.13. The summed E-state index contributed by atoms with van der Waals surface area (Å²) >= 11 is 1.96. The van der Waals surface area contributed by atoms with Crippen LogP contribution in [0.2, 0.25) is 0 Å². The number of benzene rings is 2. The third-order valence-electron chi connectivity index (χ3n) is 5.99. The number of aliphatic imine (C=N–C) groups is 1. The number of hydrogen-bond acceptors (Lipinski definition) is 3. The summed E-state index contributed by atoms with van der Waals surface area (Å²) in [6, 6.07) is 18.6. The Morgan fingerprint density at radius 1 is 1.00 bits per heavy atom. The van der Waals surface area contributed by atoms with Crippen LogP contribution in [0.25, 0.3) is 0 Å². The number of nitrogens with one attached hydrogen (secondary N) is 2. The molecular formula is C25H32N4OS. The van der Waals surface area contributed by atoms with Crippen LogP contribution >= 0.6 is 11.8 Å². The van der Waals surface area contributed by atoms with Crippen LogP contribution in [0.5, 0.6) is 0 Å². The Morgan fingerprint density at radius 2 is 1.71 bits per heavy atom. The second-order valence-corrected chi connectivity index (χ2v) is 9.97. The lowest BCUT2D eigenvalue weighted by Crippen LogP contribution is -2.40. The molecule has 0 unspecified atom stereocenters. The summed E-state index contributed by atoms with van der Waals surface area (Å²) in [5.74, 6) is 0.968. The highest BCUT2D eigenvalue weighted by molar-refractivity contribution is 8.01. The van der Waals surface area contributed by atoms with Crippen molar-refractivity contribution < 1.29 is 4.79 Å². The van der Waals surface area contributed by atoms with Crippen molar-refractivity contribution in [1.29, 1.82) is 0 Å². The summed E-state index contributed by atoms with van der Waals surface area (Å²) in [4.78, 5) is 20.3. The predicted octanol–water partition coefficient (Wildman–Crippen LogP) is 4.30. The van der Waals surface area contributed by atoms with E-state index >= 15 is 0 Å². The summed E-state index contributed by atoms with van der Waals surface area (Å²) in [7, 11) is 1.81. The Hall–Kier alpha value is -2.47. The van der Waals surface area contributed by atoms with Gasteiger partial charge >= 0.3 is 0 Å². The van der Waals surface area contributed by atoms with E-state index in [1.165, 1.54) is 24.2 Å². The van der Waals surface area contributed by atoms with Gasteiger partial charge in [-0.1, -0.05) is 30.3 Å². The molecule has 0 spiro atoms. The zero-order valence-electron chi connectivity index (χ0n) is 18.3. The molecule has 1 saturated heterocycles. The standard InChI is InChI=1S/C25H32N4OS/c1-26-24(28-19-25(14-15-25)31-22-8-4-2-5-9-22)27-18-20-10-12-21(13-11-20)23(30)29-16-6-3-7-17-29/h2,4-5,8-13H,3,6-7,14-19H2,1H3,(H2,26,27,28). The fraction of sp³-hybridized carbons (Fsp3) is 0.440. The number of rotatable bonds is 7. The van der Waals surface area contributed by atoms with E-state index in [0.29, 0.717) is 6.54 Å². The first-order chi connectivity index (χ1) is 15.2. The van der Waals surface area contributed by atoms with Crippen molar-refractivity contribution in [3.05, 3.63) is 65.7 Å². The van der Waals surface area contributed by atoms with Crippen LogP contribution in [0.1, 0.15) is 48.0 Å². The number of nitrogens with zero attached hydrogens (tertiary/aromatic N) is 2. The lowest BCUT2D eigenvalue weighted by atomic mass is 10.1. The molecule has 0 radical (unpaired) electrons. The number of likely N-dealkylation sites (tertiary alicyclic amines) is 1. The van der Waals surface area contributed by atoms with E-state index in [4.69, 9.17) is 0 Å². The van der Waals surface area contributed by atoms with E-state index in [1.807, 2.05) is 40.9 Å². The maximum absolute atomic E-state index is 12.6. The molecule has 164 valence electrons. The predicted molar refractivity (Wildman–Crippen MR) is 129 cm³/mol. The number of guanidine groups is 1. The maximum Gasteiger partial charge on any atom is 0.253 e. The first-order valence-electron chi connectivity index (χ1n) is 11.2. The molecule has 4 rings (SSSR count). The molecule has 0 atom stereocenters. The highest BCUT2D eigenvalue weighted by Crippen LogP contribution is 2.51. The molecule has 2 aliphatic rings. The lowest BCUT2D eigenvalue weighted by Gasteiger charge is -2.26. The van der Waals surface area contributed by atoms with Gasteiger partial charge in [-0.05, 0) is 61.9 Å². The highest BCUT2D eigenvalue weighted by atomic mass is 32.2. The van der Waals surface area contributed by atoms with Crippen LogP contribution in [0, 0.1) is 0 Å². The Kier molecular flexibility index (Phi) is 7.17. The number of piperidine rings is 1. The second-order valence-electron chi connectivity index (χ2n) is 8.43. The van der Waals surface area contributed by atoms with Gasteiger partial charge in [0.25, 0.3) is 5.91 Å². The Bertz CT molecular complexity index is 887. The lowest BCUT2D eigenvalue weighted by molar-refractivity contribution is 0.0724. The summed E-state index contributed by atoms with van der Waals surface area (Å²) in [6.07, 6.45) is 5.91. The van der Waals surface area contributed by atoms with Crippen molar-refractivity contribution in [2.24, 2.45) is 4.99 Å². The molecule has 2 fully saturated rings. The quantitative estimate of drug-likeness (QED) is 0.502. The molecule has 1 aliphatic heterocycles. The van der Waals surface area contributed by atoms with E-state index in [2.05, 4.69) is 46.0 Å². The topological polar surface area (TPSA) is 56.7 Å². The van der Waals surface area contributed by atoms with Gasteiger partial charge in [-0.2, -0.15) is 0 Å². The minimum Gasteiger partial charge on any atom is -0.355 e. The van der Waals surface area contributed by atoms with Crippen LogP contribution in [0.15, 0.2) is 64.5 Å². The SMILES string of the molecule is CN=C(NCc1ccc(C(=O)N2CCCCC2)cc1)NCC1(Sc2ccccc2)CC1. The molecule has 6 heteroatoms. The first-order valence-corrected chi connectivity index (χ1v) is 12.1. The minimum absolute atomic E-state index is 0.155. The second kappa shape index (κ2) is 10.2. The van der Waals surface area contributed by atoms with Crippen molar-refractivity contribution >= 4 is 23.6 Å². The number of amides is 1. The normalized spacial score (nSPS) is 17.8. The van der Waals surface area contributed by atoms with E-state index in [9.17, 15) is 4.79 Å². The number of carbonyl (C=O) groups is 1. The Labute approximate surface area is 189 Å². The van der Waals surface area contributed by atoms with Gasteiger partial charge in [0, 0.05) is 48.4 Å². The molecule has 1 saturated carbocycles. The fourth-order valence-electron chi connectivity index (χ4n) is 3.89.